The fourth-order valence-corrected chi connectivity index (χ4v) is 3.67. The van der Waals surface area contributed by atoms with Crippen LogP contribution in [0.4, 0.5) is 5.69 Å². The molecule has 0 aliphatic carbocycles. The van der Waals surface area contributed by atoms with Gasteiger partial charge in [0, 0.05) is 16.9 Å². The third-order valence-corrected chi connectivity index (χ3v) is 5.59. The smallest absolute Gasteiger partial charge is 0.308 e. The number of ether oxygens (including phenoxy) is 2. The molecular formula is C22H22BrN3O4. The van der Waals surface area contributed by atoms with Crippen LogP contribution in [-0.2, 0) is 17.3 Å². The maximum atomic E-state index is 12.6. The van der Waals surface area contributed by atoms with Crippen LogP contribution in [0.25, 0.3) is 10.9 Å². The summed E-state index contributed by atoms with van der Waals surface area (Å²) in [7, 11) is 1.72. The highest BCUT2D eigenvalue weighted by molar-refractivity contribution is 9.10. The Bertz CT molecular complexity index is 1180. The van der Waals surface area contributed by atoms with Crippen LogP contribution in [0.15, 0.2) is 51.1 Å². The van der Waals surface area contributed by atoms with Gasteiger partial charge in [0.25, 0.3) is 0 Å². The molecule has 30 heavy (non-hydrogen) atoms. The first kappa shape index (κ1) is 20.4. The Labute approximate surface area is 182 Å². The molecule has 2 aromatic carbocycles. The maximum absolute atomic E-state index is 12.6. The lowest BCUT2D eigenvalue weighted by Crippen LogP contribution is -2.35. The Kier molecular flexibility index (Phi) is 5.05. The minimum Gasteiger partial charge on any atom is -0.493 e. The van der Waals surface area contributed by atoms with Crippen LogP contribution in [0.1, 0.15) is 26.3 Å². The number of aromatic nitrogens is 1. The molecule has 4 rings (SSSR count). The van der Waals surface area contributed by atoms with E-state index in [1.807, 2.05) is 36.4 Å². The quantitative estimate of drug-likeness (QED) is 0.507. The summed E-state index contributed by atoms with van der Waals surface area (Å²) in [6, 6.07) is 11.3. The highest BCUT2D eigenvalue weighted by atomic mass is 79.9. The molecule has 0 radical (unpaired) electrons. The third kappa shape index (κ3) is 3.67. The molecule has 0 fully saturated rings. The van der Waals surface area contributed by atoms with Gasteiger partial charge in [0.2, 0.25) is 12.0 Å². The molecule has 0 bridgehead atoms. The van der Waals surface area contributed by atoms with Gasteiger partial charge in [-0.25, -0.2) is 0 Å². The van der Waals surface area contributed by atoms with Crippen molar-refractivity contribution in [2.24, 2.45) is 17.3 Å². The van der Waals surface area contributed by atoms with E-state index in [2.05, 4.69) is 46.9 Å². The van der Waals surface area contributed by atoms with E-state index >= 15 is 0 Å². The van der Waals surface area contributed by atoms with Crippen LogP contribution in [0, 0.1) is 0 Å². The van der Waals surface area contributed by atoms with Gasteiger partial charge >= 0.3 is 5.91 Å². The van der Waals surface area contributed by atoms with Crippen LogP contribution in [0.5, 0.6) is 17.4 Å². The van der Waals surface area contributed by atoms with Crippen molar-refractivity contribution in [3.63, 3.8) is 0 Å². The van der Waals surface area contributed by atoms with Crippen LogP contribution >= 0.6 is 15.9 Å². The van der Waals surface area contributed by atoms with E-state index in [-0.39, 0.29) is 23.6 Å². The number of aromatic hydroxyl groups is 1. The fraction of sp³-hybridized carbons (Fsp3) is 0.318. The second-order valence-corrected chi connectivity index (χ2v) is 9.18. The monoisotopic (exact) mass is 471 g/mol. The molecule has 1 amide bonds. The molecule has 156 valence electrons. The van der Waals surface area contributed by atoms with Crippen molar-refractivity contribution < 1.29 is 19.4 Å². The molecule has 0 spiro atoms. The molecule has 0 unspecified atom stereocenters. The third-order valence-electron chi connectivity index (χ3n) is 5.10. The number of carbonyl (C=O) groups is 1. The molecule has 1 aliphatic rings. The van der Waals surface area contributed by atoms with Gasteiger partial charge in [-0.05, 0) is 41.3 Å². The van der Waals surface area contributed by atoms with Gasteiger partial charge in [0.15, 0.2) is 17.2 Å². The molecule has 7 nitrogen and oxygen atoms in total. The first-order valence-electron chi connectivity index (χ1n) is 9.51. The Hall–Kier alpha value is -2.87. The van der Waals surface area contributed by atoms with E-state index < -0.39 is 12.0 Å². The maximum Gasteiger partial charge on any atom is 0.308 e. The number of nitrogens with zero attached hydrogens (tertiary/aromatic N) is 3. The average Bonchev–Trinajstić information content (AvgIpc) is 2.94. The van der Waals surface area contributed by atoms with E-state index in [4.69, 9.17) is 9.47 Å². The Balaban J connectivity index is 1.59. The second-order valence-electron chi connectivity index (χ2n) is 8.26. The largest absolute Gasteiger partial charge is 0.493 e. The number of benzene rings is 2. The molecule has 0 saturated carbocycles. The van der Waals surface area contributed by atoms with Crippen molar-refractivity contribution in [3.8, 4) is 17.4 Å². The number of aryl methyl sites for hydroxylation is 1. The standard InChI is InChI=1S/C22H22BrN3O4/c1-22(2,3)12-5-8-16-17(9-12)30-18(11-29-16)20(27)25-24-19-14-10-13(23)6-7-15(14)26(4)21(19)28/h5-10,18,28H,11H2,1-4H3/t18-/m1/s1. The summed E-state index contributed by atoms with van der Waals surface area (Å²) in [6.45, 7) is 6.35. The Morgan fingerprint density at radius 2 is 1.97 bits per heavy atom. The van der Waals surface area contributed by atoms with Crippen molar-refractivity contribution in [3.05, 3.63) is 46.4 Å². The summed E-state index contributed by atoms with van der Waals surface area (Å²) in [6.07, 6.45) is -0.902. The molecule has 1 aliphatic heterocycles. The number of hydrogen-bond acceptors (Lipinski definition) is 5. The number of rotatable bonds is 2. The summed E-state index contributed by atoms with van der Waals surface area (Å²) < 4.78 is 14.0. The molecule has 0 saturated heterocycles. The number of hydrogen-bond donors (Lipinski definition) is 1. The number of carbonyl (C=O) groups excluding carboxylic acids is 1. The predicted octanol–water partition coefficient (Wildman–Crippen LogP) is 5.39. The summed E-state index contributed by atoms with van der Waals surface area (Å²) in [5.74, 6) is 0.466. The zero-order valence-electron chi connectivity index (χ0n) is 17.1. The molecular weight excluding hydrogens is 450 g/mol. The van der Waals surface area contributed by atoms with Gasteiger partial charge in [-0.3, -0.25) is 4.79 Å². The molecule has 1 N–H and O–H groups in total. The van der Waals surface area contributed by atoms with E-state index in [0.29, 0.717) is 16.9 Å². The van der Waals surface area contributed by atoms with Crippen LogP contribution < -0.4 is 9.47 Å². The number of azo groups is 1. The Morgan fingerprint density at radius 3 is 2.70 bits per heavy atom. The zero-order chi connectivity index (χ0) is 21.6. The summed E-state index contributed by atoms with van der Waals surface area (Å²) in [4.78, 5) is 12.6. The van der Waals surface area contributed by atoms with E-state index in [1.165, 1.54) is 0 Å². The van der Waals surface area contributed by atoms with E-state index in [0.717, 1.165) is 15.6 Å². The number of halogens is 1. The van der Waals surface area contributed by atoms with Gasteiger partial charge in [-0.15, -0.1) is 10.2 Å². The number of fused-ring (bicyclic) bond motifs is 2. The zero-order valence-corrected chi connectivity index (χ0v) is 18.7. The highest BCUT2D eigenvalue weighted by Crippen LogP contribution is 2.40. The topological polar surface area (TPSA) is 85.4 Å². The van der Waals surface area contributed by atoms with E-state index in [9.17, 15) is 9.90 Å². The van der Waals surface area contributed by atoms with Crippen molar-refractivity contribution in [1.29, 1.82) is 0 Å². The summed E-state index contributed by atoms with van der Waals surface area (Å²) >= 11 is 3.41. The van der Waals surface area contributed by atoms with Crippen molar-refractivity contribution in [1.82, 2.24) is 4.57 Å². The molecule has 3 aromatic rings. The van der Waals surface area contributed by atoms with Gasteiger partial charge in [-0.1, -0.05) is 42.8 Å². The number of amides is 1. The Morgan fingerprint density at radius 1 is 1.20 bits per heavy atom. The van der Waals surface area contributed by atoms with E-state index in [1.54, 1.807) is 11.6 Å². The first-order valence-corrected chi connectivity index (χ1v) is 10.3. The summed E-state index contributed by atoms with van der Waals surface area (Å²) in [5, 5.41) is 18.9. The van der Waals surface area contributed by atoms with Crippen LogP contribution in [0.2, 0.25) is 0 Å². The minimum atomic E-state index is -0.902. The lowest BCUT2D eigenvalue weighted by molar-refractivity contribution is -0.127. The molecule has 8 heteroatoms. The SMILES string of the molecule is Cn1c(O)c(N=NC(=O)[C@H]2COc3ccc(C(C)(C)C)cc3O2)c2cc(Br)ccc21. The van der Waals surface area contributed by atoms with Crippen molar-refractivity contribution >= 4 is 38.4 Å². The average molecular weight is 472 g/mol. The molecule has 2 heterocycles. The summed E-state index contributed by atoms with van der Waals surface area (Å²) in [5.41, 5.74) is 2.02. The van der Waals surface area contributed by atoms with Crippen molar-refractivity contribution in [2.75, 3.05) is 6.61 Å². The lowest BCUT2D eigenvalue weighted by atomic mass is 9.87. The van der Waals surface area contributed by atoms with Crippen LogP contribution in [-0.4, -0.2) is 28.3 Å². The van der Waals surface area contributed by atoms with Crippen LogP contribution in [0.3, 0.4) is 0 Å². The fourth-order valence-electron chi connectivity index (χ4n) is 3.31. The predicted molar refractivity (Wildman–Crippen MR) is 117 cm³/mol. The van der Waals surface area contributed by atoms with Gasteiger partial charge in [0.05, 0.1) is 5.52 Å². The second kappa shape index (κ2) is 7.43. The highest BCUT2D eigenvalue weighted by Gasteiger charge is 2.29. The molecule has 1 atom stereocenters. The first-order chi connectivity index (χ1) is 14.1. The van der Waals surface area contributed by atoms with Gasteiger partial charge in [-0.2, -0.15) is 0 Å². The molecule has 1 aromatic heterocycles. The minimum absolute atomic E-state index is 0.0484. The van der Waals surface area contributed by atoms with Gasteiger partial charge in [0.1, 0.15) is 6.61 Å². The van der Waals surface area contributed by atoms with Crippen molar-refractivity contribution in [2.45, 2.75) is 32.3 Å². The van der Waals surface area contributed by atoms with Gasteiger partial charge < -0.3 is 19.1 Å². The normalized spacial score (nSPS) is 16.4. The lowest BCUT2D eigenvalue weighted by Gasteiger charge is -2.27.